The number of piperazine rings is 1. The van der Waals surface area contributed by atoms with E-state index in [1.165, 1.54) is 24.3 Å². The largest absolute Gasteiger partial charge is 0.335 e. The van der Waals surface area contributed by atoms with Crippen molar-refractivity contribution in [1.29, 1.82) is 0 Å². The van der Waals surface area contributed by atoms with Crippen molar-refractivity contribution in [2.24, 2.45) is 0 Å². The Morgan fingerprint density at radius 1 is 1.07 bits per heavy atom. The van der Waals surface area contributed by atoms with Crippen LogP contribution in [0, 0.1) is 12.3 Å². The van der Waals surface area contributed by atoms with E-state index < -0.39 is 10.0 Å². The van der Waals surface area contributed by atoms with Crippen molar-refractivity contribution in [3.8, 4) is 12.3 Å². The highest BCUT2D eigenvalue weighted by atomic mass is 32.2. The molecule has 0 saturated carbocycles. The molecule has 1 heterocycles. The first kappa shape index (κ1) is 21.7. The third kappa shape index (κ3) is 5.03. The first-order chi connectivity index (χ1) is 13.3. The van der Waals surface area contributed by atoms with Crippen molar-refractivity contribution in [2.45, 2.75) is 18.7 Å². The second-order valence-electron chi connectivity index (χ2n) is 6.29. The van der Waals surface area contributed by atoms with E-state index in [0.717, 1.165) is 0 Å². The first-order valence-electron chi connectivity index (χ1n) is 9.20. The highest BCUT2D eigenvalue weighted by molar-refractivity contribution is 7.89. The van der Waals surface area contributed by atoms with Crippen LogP contribution < -0.4 is 4.72 Å². The van der Waals surface area contributed by atoms with Crippen LogP contribution in [0.5, 0.6) is 0 Å². The van der Waals surface area contributed by atoms with Gasteiger partial charge < -0.3 is 14.7 Å². The molecule has 1 fully saturated rings. The topological polar surface area (TPSA) is 90.0 Å². The Hall–Kier alpha value is -2.57. The van der Waals surface area contributed by atoms with Crippen molar-refractivity contribution in [3.63, 3.8) is 0 Å². The van der Waals surface area contributed by atoms with Gasteiger partial charge in [0.2, 0.25) is 10.0 Å². The molecule has 1 aromatic carbocycles. The molecule has 1 aromatic rings. The average Bonchev–Trinajstić information content (AvgIpc) is 2.72. The van der Waals surface area contributed by atoms with Crippen LogP contribution in [-0.4, -0.2) is 80.9 Å². The summed E-state index contributed by atoms with van der Waals surface area (Å²) in [5.74, 6) is 2.03. The van der Waals surface area contributed by atoms with E-state index in [1.807, 2.05) is 13.8 Å². The summed E-state index contributed by atoms with van der Waals surface area (Å²) in [4.78, 5) is 30.3. The van der Waals surface area contributed by atoms with E-state index >= 15 is 0 Å². The Labute approximate surface area is 166 Å². The van der Waals surface area contributed by atoms with Gasteiger partial charge in [0.05, 0.1) is 11.4 Å². The summed E-state index contributed by atoms with van der Waals surface area (Å²) >= 11 is 0. The molecule has 152 valence electrons. The fourth-order valence-electron chi connectivity index (χ4n) is 2.97. The van der Waals surface area contributed by atoms with Crippen LogP contribution in [0.15, 0.2) is 29.2 Å². The number of amides is 3. The molecule has 3 amide bonds. The van der Waals surface area contributed by atoms with E-state index in [0.29, 0.717) is 44.8 Å². The van der Waals surface area contributed by atoms with Crippen molar-refractivity contribution in [2.75, 3.05) is 45.8 Å². The number of sulfonamides is 1. The number of rotatable bonds is 6. The quantitative estimate of drug-likeness (QED) is 0.708. The second-order valence-corrected chi connectivity index (χ2v) is 8.05. The number of nitrogens with zero attached hydrogens (tertiary/aromatic N) is 3. The Kier molecular flexibility index (Phi) is 7.43. The fraction of sp³-hybridized carbons (Fsp3) is 0.474. The molecule has 1 aliphatic heterocycles. The molecule has 0 aliphatic carbocycles. The summed E-state index contributed by atoms with van der Waals surface area (Å²) in [5, 5.41) is 0. The smallest absolute Gasteiger partial charge is 0.320 e. The van der Waals surface area contributed by atoms with Crippen LogP contribution in [0.4, 0.5) is 4.79 Å². The van der Waals surface area contributed by atoms with Gasteiger partial charge in [-0.3, -0.25) is 4.79 Å². The van der Waals surface area contributed by atoms with Gasteiger partial charge in [-0.25, -0.2) is 13.2 Å². The SMILES string of the molecule is C#CCNS(=O)(=O)c1ccc(C(=O)N2CCN(C(=O)N(CC)CC)CC2)cc1. The van der Waals surface area contributed by atoms with Gasteiger partial charge in [-0.2, -0.15) is 4.72 Å². The van der Waals surface area contributed by atoms with Gasteiger partial charge in [-0.1, -0.05) is 5.92 Å². The normalized spacial score (nSPS) is 14.5. The lowest BCUT2D eigenvalue weighted by molar-refractivity contribution is 0.0641. The minimum Gasteiger partial charge on any atom is -0.335 e. The molecule has 1 aliphatic rings. The van der Waals surface area contributed by atoms with Crippen molar-refractivity contribution in [1.82, 2.24) is 19.4 Å². The molecule has 0 unspecified atom stereocenters. The highest BCUT2D eigenvalue weighted by Crippen LogP contribution is 2.14. The van der Waals surface area contributed by atoms with Crippen LogP contribution in [0.2, 0.25) is 0 Å². The molecular weight excluding hydrogens is 380 g/mol. The van der Waals surface area contributed by atoms with E-state index in [1.54, 1.807) is 14.7 Å². The molecule has 28 heavy (non-hydrogen) atoms. The van der Waals surface area contributed by atoms with Crippen molar-refractivity contribution < 1.29 is 18.0 Å². The summed E-state index contributed by atoms with van der Waals surface area (Å²) < 4.78 is 26.3. The maximum atomic E-state index is 12.7. The van der Waals surface area contributed by atoms with Gasteiger partial charge in [0.15, 0.2) is 0 Å². The molecule has 1 saturated heterocycles. The number of carbonyl (C=O) groups is 2. The lowest BCUT2D eigenvalue weighted by atomic mass is 10.2. The van der Waals surface area contributed by atoms with Gasteiger partial charge in [0, 0.05) is 44.8 Å². The fourth-order valence-corrected chi connectivity index (χ4v) is 3.91. The zero-order valence-corrected chi connectivity index (χ0v) is 17.0. The number of carbonyl (C=O) groups excluding carboxylic acids is 2. The van der Waals surface area contributed by atoms with Gasteiger partial charge in [0.1, 0.15) is 0 Å². The molecule has 0 bridgehead atoms. The van der Waals surface area contributed by atoms with Gasteiger partial charge in [0.25, 0.3) is 5.91 Å². The minimum absolute atomic E-state index is 0.00822. The Balaban J connectivity index is 1.99. The zero-order chi connectivity index (χ0) is 20.7. The van der Waals surface area contributed by atoms with Crippen LogP contribution >= 0.6 is 0 Å². The first-order valence-corrected chi connectivity index (χ1v) is 10.7. The third-order valence-corrected chi connectivity index (χ3v) is 6.06. The number of nitrogens with one attached hydrogen (secondary N) is 1. The summed E-state index contributed by atoms with van der Waals surface area (Å²) in [7, 11) is -3.69. The average molecular weight is 407 g/mol. The van der Waals surface area contributed by atoms with Crippen LogP contribution in [0.1, 0.15) is 24.2 Å². The third-order valence-electron chi connectivity index (χ3n) is 4.65. The molecule has 1 N–H and O–H groups in total. The minimum atomic E-state index is -3.69. The van der Waals surface area contributed by atoms with Gasteiger partial charge in [-0.15, -0.1) is 6.42 Å². The Morgan fingerprint density at radius 3 is 2.11 bits per heavy atom. The van der Waals surface area contributed by atoms with Crippen molar-refractivity contribution in [3.05, 3.63) is 29.8 Å². The number of hydrogen-bond acceptors (Lipinski definition) is 4. The summed E-state index contributed by atoms with van der Waals surface area (Å²) in [6, 6.07) is 5.73. The molecule has 0 radical (unpaired) electrons. The molecule has 0 atom stereocenters. The van der Waals surface area contributed by atoms with E-state index in [2.05, 4.69) is 10.6 Å². The maximum absolute atomic E-state index is 12.7. The monoisotopic (exact) mass is 406 g/mol. The van der Waals surface area contributed by atoms with Gasteiger partial charge >= 0.3 is 6.03 Å². The van der Waals surface area contributed by atoms with Gasteiger partial charge in [-0.05, 0) is 38.1 Å². The number of benzene rings is 1. The number of hydrogen-bond donors (Lipinski definition) is 1. The Bertz CT molecular complexity index is 834. The molecular formula is C19H26N4O4S. The summed E-state index contributed by atoms with van der Waals surface area (Å²) in [6.07, 6.45) is 5.07. The second kappa shape index (κ2) is 9.57. The number of urea groups is 1. The highest BCUT2D eigenvalue weighted by Gasteiger charge is 2.27. The van der Waals surface area contributed by atoms with E-state index in [4.69, 9.17) is 6.42 Å². The lowest BCUT2D eigenvalue weighted by Gasteiger charge is -2.37. The standard InChI is InChI=1S/C19H26N4O4S/c1-4-11-20-28(26,27)17-9-7-16(8-10-17)18(24)22-12-14-23(15-13-22)19(25)21(5-2)6-3/h1,7-10,20H,5-6,11-15H2,2-3H3. The predicted octanol–water partition coefficient (Wildman–Crippen LogP) is 0.818. The zero-order valence-electron chi connectivity index (χ0n) is 16.2. The molecule has 2 rings (SSSR count). The number of terminal acetylenes is 1. The molecule has 0 spiro atoms. The van der Waals surface area contributed by atoms with Crippen LogP contribution in [0.3, 0.4) is 0 Å². The molecule has 8 nitrogen and oxygen atoms in total. The summed E-state index contributed by atoms with van der Waals surface area (Å²) in [6.45, 7) is 6.91. The Morgan fingerprint density at radius 2 is 1.61 bits per heavy atom. The molecule has 0 aromatic heterocycles. The van der Waals surface area contributed by atoms with Crippen LogP contribution in [-0.2, 0) is 10.0 Å². The van der Waals surface area contributed by atoms with E-state index in [-0.39, 0.29) is 23.4 Å². The van der Waals surface area contributed by atoms with E-state index in [9.17, 15) is 18.0 Å². The maximum Gasteiger partial charge on any atom is 0.320 e. The lowest BCUT2D eigenvalue weighted by Crippen LogP contribution is -2.54. The molecule has 9 heteroatoms. The van der Waals surface area contributed by atoms with Crippen molar-refractivity contribution >= 4 is 22.0 Å². The van der Waals surface area contributed by atoms with Crippen LogP contribution in [0.25, 0.3) is 0 Å². The predicted molar refractivity (Wildman–Crippen MR) is 106 cm³/mol. The summed E-state index contributed by atoms with van der Waals surface area (Å²) in [5.41, 5.74) is 0.402.